The molecule has 0 fully saturated rings. The summed E-state index contributed by atoms with van der Waals surface area (Å²) in [7, 11) is 3.40. The Bertz CT molecular complexity index is 320. The molecule has 0 spiro atoms. The molecule has 138 valence electrons. The molecular formula is C17H37N3O3. The van der Waals surface area contributed by atoms with Crippen molar-refractivity contribution in [1.82, 2.24) is 16.0 Å². The molecule has 0 aliphatic rings. The van der Waals surface area contributed by atoms with Gasteiger partial charge in [-0.2, -0.15) is 0 Å². The molecule has 3 N–H and O–H groups in total. The van der Waals surface area contributed by atoms with Gasteiger partial charge in [0.1, 0.15) is 11.6 Å². The van der Waals surface area contributed by atoms with Crippen molar-refractivity contribution in [2.24, 2.45) is 0 Å². The van der Waals surface area contributed by atoms with E-state index in [4.69, 9.17) is 0 Å². The third-order valence-corrected chi connectivity index (χ3v) is 3.06. The van der Waals surface area contributed by atoms with E-state index in [1.54, 1.807) is 21.0 Å². The lowest BCUT2D eigenvalue weighted by Gasteiger charge is -2.14. The van der Waals surface area contributed by atoms with Crippen molar-refractivity contribution in [3.63, 3.8) is 0 Å². The first-order valence-electron chi connectivity index (χ1n) is 8.54. The van der Waals surface area contributed by atoms with Crippen molar-refractivity contribution < 1.29 is 14.4 Å². The molecule has 0 aliphatic heterocycles. The molecule has 0 saturated carbocycles. The van der Waals surface area contributed by atoms with Crippen molar-refractivity contribution in [2.75, 3.05) is 20.6 Å². The number of carbonyl (C=O) groups is 3. The van der Waals surface area contributed by atoms with Gasteiger partial charge in [0, 0.05) is 13.0 Å². The van der Waals surface area contributed by atoms with E-state index >= 15 is 0 Å². The molecule has 23 heavy (non-hydrogen) atoms. The Hall–Kier alpha value is -1.27. The van der Waals surface area contributed by atoms with E-state index in [0.29, 0.717) is 13.0 Å². The Morgan fingerprint density at radius 1 is 0.826 bits per heavy atom. The van der Waals surface area contributed by atoms with Crippen LogP contribution >= 0.6 is 0 Å². The molecule has 0 aromatic carbocycles. The number of amides is 1. The summed E-state index contributed by atoms with van der Waals surface area (Å²) in [6.45, 7) is 11.5. The monoisotopic (exact) mass is 331 g/mol. The van der Waals surface area contributed by atoms with E-state index in [1.807, 2.05) is 27.7 Å². The van der Waals surface area contributed by atoms with Gasteiger partial charge >= 0.3 is 0 Å². The Morgan fingerprint density at radius 2 is 1.26 bits per heavy atom. The molecule has 2 atom stereocenters. The summed E-state index contributed by atoms with van der Waals surface area (Å²) in [6.07, 6.45) is 1.56. The number of carbonyl (C=O) groups excluding carboxylic acids is 3. The fraction of sp³-hybridized carbons (Fsp3) is 0.824. The summed E-state index contributed by atoms with van der Waals surface area (Å²) in [5.74, 6) is -0.108. The first-order chi connectivity index (χ1) is 10.9. The van der Waals surface area contributed by atoms with E-state index in [2.05, 4.69) is 16.0 Å². The summed E-state index contributed by atoms with van der Waals surface area (Å²) in [5, 5.41) is 8.48. The van der Waals surface area contributed by atoms with Gasteiger partial charge in [-0.15, -0.1) is 0 Å². The Morgan fingerprint density at radius 3 is 1.61 bits per heavy atom. The first-order valence-corrected chi connectivity index (χ1v) is 8.54. The summed E-state index contributed by atoms with van der Waals surface area (Å²) in [5.41, 5.74) is 0. The number of rotatable bonds is 10. The second kappa shape index (κ2) is 18.8. The molecule has 0 bridgehead atoms. The lowest BCUT2D eigenvalue weighted by molar-refractivity contribution is -0.126. The normalized spacial score (nSPS) is 11.8. The second-order valence-electron chi connectivity index (χ2n) is 4.60. The van der Waals surface area contributed by atoms with Crippen molar-refractivity contribution in [3.05, 3.63) is 0 Å². The minimum absolute atomic E-state index is 0.0514. The van der Waals surface area contributed by atoms with E-state index in [1.165, 1.54) is 6.92 Å². The summed E-state index contributed by atoms with van der Waals surface area (Å²) in [6, 6.07) is -0.582. The maximum absolute atomic E-state index is 11.6. The summed E-state index contributed by atoms with van der Waals surface area (Å²) < 4.78 is 0. The molecule has 1 amide bonds. The largest absolute Gasteiger partial charge is 0.356 e. The van der Waals surface area contributed by atoms with Gasteiger partial charge in [-0.1, -0.05) is 27.7 Å². The van der Waals surface area contributed by atoms with Crippen LogP contribution in [-0.2, 0) is 14.4 Å². The number of hydrogen-bond donors (Lipinski definition) is 3. The van der Waals surface area contributed by atoms with Crippen LogP contribution < -0.4 is 16.0 Å². The minimum atomic E-state index is -0.428. The number of Topliss-reactive ketones (excluding diaryl/α,β-unsaturated/α-hetero) is 2. The average molecular weight is 332 g/mol. The average Bonchev–Trinajstić information content (AvgIpc) is 2.55. The Labute approximate surface area is 142 Å². The fourth-order valence-electron chi connectivity index (χ4n) is 1.79. The number of likely N-dealkylation sites (N-methyl/N-ethyl adjacent to an activating group) is 2. The molecule has 0 heterocycles. The third kappa shape index (κ3) is 15.4. The van der Waals surface area contributed by atoms with Crippen molar-refractivity contribution in [2.45, 2.75) is 72.9 Å². The highest BCUT2D eigenvalue weighted by Gasteiger charge is 2.16. The van der Waals surface area contributed by atoms with Gasteiger partial charge < -0.3 is 16.0 Å². The lowest BCUT2D eigenvalue weighted by Crippen LogP contribution is -2.39. The van der Waals surface area contributed by atoms with Gasteiger partial charge in [0.25, 0.3) is 0 Å². The van der Waals surface area contributed by atoms with E-state index in [0.717, 1.165) is 6.42 Å². The minimum Gasteiger partial charge on any atom is -0.356 e. The fourth-order valence-corrected chi connectivity index (χ4v) is 1.79. The standard InChI is InChI=1S/C13H25N3O3.2C2H6/c1-9(17)11(14-3)6-5-7-16-13(19)8-12(15-4)10(2)18;2*1-2/h11-12,14-15H,5-8H2,1-4H3,(H,16,19);2*1-2H3. The highest BCUT2D eigenvalue weighted by Crippen LogP contribution is 1.98. The van der Waals surface area contributed by atoms with Crippen molar-refractivity contribution in [1.29, 1.82) is 0 Å². The second-order valence-corrected chi connectivity index (χ2v) is 4.60. The van der Waals surface area contributed by atoms with Gasteiger partial charge in [-0.3, -0.25) is 14.4 Å². The molecule has 0 aliphatic carbocycles. The molecule has 6 heteroatoms. The molecule has 0 aromatic rings. The van der Waals surface area contributed by atoms with Crippen LogP contribution in [0.15, 0.2) is 0 Å². The predicted molar refractivity (Wildman–Crippen MR) is 96.6 cm³/mol. The zero-order valence-electron chi connectivity index (χ0n) is 16.2. The van der Waals surface area contributed by atoms with Crippen LogP contribution in [0, 0.1) is 0 Å². The number of ketones is 2. The van der Waals surface area contributed by atoms with Crippen molar-refractivity contribution in [3.8, 4) is 0 Å². The third-order valence-electron chi connectivity index (χ3n) is 3.06. The molecule has 2 unspecified atom stereocenters. The van der Waals surface area contributed by atoms with Crippen LogP contribution in [0.3, 0.4) is 0 Å². The van der Waals surface area contributed by atoms with Gasteiger partial charge in [0.15, 0.2) is 0 Å². The topological polar surface area (TPSA) is 87.3 Å². The number of nitrogens with one attached hydrogen (secondary N) is 3. The predicted octanol–water partition coefficient (Wildman–Crippen LogP) is 1.68. The highest BCUT2D eigenvalue weighted by molar-refractivity contribution is 5.88. The molecular weight excluding hydrogens is 294 g/mol. The smallest absolute Gasteiger partial charge is 0.222 e. The maximum Gasteiger partial charge on any atom is 0.222 e. The molecule has 0 saturated heterocycles. The van der Waals surface area contributed by atoms with Gasteiger partial charge in [0.2, 0.25) is 5.91 Å². The molecule has 0 aromatic heterocycles. The van der Waals surface area contributed by atoms with Gasteiger partial charge in [-0.05, 0) is 40.8 Å². The van der Waals surface area contributed by atoms with Crippen LogP contribution in [0.2, 0.25) is 0 Å². The van der Waals surface area contributed by atoms with E-state index < -0.39 is 6.04 Å². The van der Waals surface area contributed by atoms with Crippen LogP contribution in [0.25, 0.3) is 0 Å². The zero-order valence-corrected chi connectivity index (χ0v) is 16.2. The number of hydrogen-bond acceptors (Lipinski definition) is 5. The highest BCUT2D eigenvalue weighted by atomic mass is 16.2. The van der Waals surface area contributed by atoms with Gasteiger partial charge in [0.05, 0.1) is 12.1 Å². The van der Waals surface area contributed by atoms with Crippen LogP contribution in [0.1, 0.15) is 60.8 Å². The molecule has 6 nitrogen and oxygen atoms in total. The quantitative estimate of drug-likeness (QED) is 0.530. The van der Waals surface area contributed by atoms with E-state index in [9.17, 15) is 14.4 Å². The lowest BCUT2D eigenvalue weighted by atomic mass is 10.1. The van der Waals surface area contributed by atoms with Crippen LogP contribution in [0.5, 0.6) is 0 Å². The first kappa shape index (κ1) is 26.6. The Balaban J connectivity index is -0.000000919. The Kier molecular flexibility index (Phi) is 21.7. The molecule has 0 rings (SSSR count). The summed E-state index contributed by atoms with van der Waals surface area (Å²) >= 11 is 0. The summed E-state index contributed by atoms with van der Waals surface area (Å²) in [4.78, 5) is 33.9. The van der Waals surface area contributed by atoms with Crippen molar-refractivity contribution >= 4 is 17.5 Å². The van der Waals surface area contributed by atoms with Crippen LogP contribution in [-0.4, -0.2) is 50.2 Å². The SMILES string of the molecule is CC.CC.CNC(CCCNC(=O)CC(NC)C(C)=O)C(C)=O. The zero-order chi connectivity index (χ0) is 18.8. The maximum atomic E-state index is 11.6. The van der Waals surface area contributed by atoms with E-state index in [-0.39, 0.29) is 29.9 Å². The van der Waals surface area contributed by atoms with Gasteiger partial charge in [-0.25, -0.2) is 0 Å². The van der Waals surface area contributed by atoms with Crippen LogP contribution in [0.4, 0.5) is 0 Å². The molecule has 0 radical (unpaired) electrons.